The van der Waals surface area contributed by atoms with Crippen LogP contribution in [0.25, 0.3) is 0 Å². The van der Waals surface area contributed by atoms with E-state index in [0.717, 1.165) is 24.9 Å². The second-order valence-electron chi connectivity index (χ2n) is 5.23. The van der Waals surface area contributed by atoms with Crippen LogP contribution >= 0.6 is 0 Å². The van der Waals surface area contributed by atoms with Crippen LogP contribution in [0.1, 0.15) is 29.4 Å². The molecular formula is C14H18F3N3O2. The minimum Gasteiger partial charge on any atom is -0.390 e. The number of amides is 1. The number of aromatic nitrogens is 1. The fourth-order valence-electron chi connectivity index (χ4n) is 2.50. The second-order valence-corrected chi connectivity index (χ2v) is 5.23. The molecule has 0 spiro atoms. The largest absolute Gasteiger partial charge is 0.418 e. The predicted molar refractivity (Wildman–Crippen MR) is 73.2 cm³/mol. The smallest absolute Gasteiger partial charge is 0.390 e. The van der Waals surface area contributed by atoms with Crippen molar-refractivity contribution in [2.45, 2.75) is 31.7 Å². The van der Waals surface area contributed by atoms with E-state index in [1.54, 1.807) is 0 Å². The van der Waals surface area contributed by atoms with Gasteiger partial charge in [-0.25, -0.2) is 0 Å². The average molecular weight is 317 g/mol. The summed E-state index contributed by atoms with van der Waals surface area (Å²) in [4.78, 5) is 17.6. The molecule has 22 heavy (non-hydrogen) atoms. The molecule has 1 aliphatic heterocycles. The van der Waals surface area contributed by atoms with E-state index in [9.17, 15) is 23.1 Å². The van der Waals surface area contributed by atoms with Gasteiger partial charge in [-0.15, -0.1) is 0 Å². The number of aliphatic hydroxyl groups excluding tert-OH is 1. The van der Waals surface area contributed by atoms with Crippen LogP contribution < -0.4 is 5.32 Å². The fraction of sp³-hybridized carbons (Fsp3) is 0.571. The number of hydrogen-bond acceptors (Lipinski definition) is 4. The lowest BCUT2D eigenvalue weighted by Crippen LogP contribution is -2.54. The molecule has 1 aromatic heterocycles. The van der Waals surface area contributed by atoms with Crippen molar-refractivity contribution in [3.05, 3.63) is 29.6 Å². The van der Waals surface area contributed by atoms with E-state index in [4.69, 9.17) is 0 Å². The number of pyridine rings is 1. The van der Waals surface area contributed by atoms with E-state index < -0.39 is 35.5 Å². The molecule has 0 saturated carbocycles. The fourth-order valence-corrected chi connectivity index (χ4v) is 2.50. The van der Waals surface area contributed by atoms with Gasteiger partial charge in [0, 0.05) is 19.3 Å². The Hall–Kier alpha value is -1.67. The number of alkyl halides is 3. The number of β-amino-alcohol motifs (C(OH)–C–C–N with tert-alkyl or cyclic N) is 1. The zero-order valence-corrected chi connectivity index (χ0v) is 12.1. The highest BCUT2D eigenvalue weighted by atomic mass is 19.4. The van der Waals surface area contributed by atoms with Crippen LogP contribution in [0.5, 0.6) is 0 Å². The summed E-state index contributed by atoms with van der Waals surface area (Å²) in [6, 6.07) is 1.38. The first-order valence-corrected chi connectivity index (χ1v) is 7.06. The Labute approximate surface area is 126 Å². The number of nitrogens with zero attached hydrogens (tertiary/aromatic N) is 2. The minimum atomic E-state index is -4.65. The van der Waals surface area contributed by atoms with E-state index >= 15 is 0 Å². The summed E-state index contributed by atoms with van der Waals surface area (Å²) < 4.78 is 38.7. The maximum Gasteiger partial charge on any atom is 0.418 e. The van der Waals surface area contributed by atoms with E-state index in [0.29, 0.717) is 19.5 Å². The molecule has 0 radical (unpaired) electrons. The van der Waals surface area contributed by atoms with Crippen molar-refractivity contribution in [1.29, 1.82) is 0 Å². The van der Waals surface area contributed by atoms with Crippen LogP contribution in [-0.2, 0) is 6.18 Å². The Morgan fingerprint density at radius 2 is 2.27 bits per heavy atom. The lowest BCUT2D eigenvalue weighted by molar-refractivity contribution is -0.138. The van der Waals surface area contributed by atoms with E-state index in [1.165, 1.54) is 0 Å². The van der Waals surface area contributed by atoms with Crippen LogP contribution in [-0.4, -0.2) is 52.7 Å². The quantitative estimate of drug-likeness (QED) is 0.881. The molecule has 2 heterocycles. The van der Waals surface area contributed by atoms with Crippen LogP contribution in [0, 0.1) is 0 Å². The molecule has 8 heteroatoms. The van der Waals surface area contributed by atoms with Gasteiger partial charge in [-0.05, 0) is 25.1 Å². The first-order chi connectivity index (χ1) is 10.3. The van der Waals surface area contributed by atoms with Gasteiger partial charge >= 0.3 is 6.18 Å². The van der Waals surface area contributed by atoms with Crippen molar-refractivity contribution in [1.82, 2.24) is 15.2 Å². The molecule has 0 aromatic carbocycles. The van der Waals surface area contributed by atoms with E-state index in [-0.39, 0.29) is 0 Å². The van der Waals surface area contributed by atoms with Gasteiger partial charge in [0.25, 0.3) is 5.91 Å². The summed E-state index contributed by atoms with van der Waals surface area (Å²) >= 11 is 0. The maximum atomic E-state index is 12.9. The molecule has 1 amide bonds. The Bertz CT molecular complexity index is 536. The van der Waals surface area contributed by atoms with E-state index in [2.05, 4.69) is 10.3 Å². The molecule has 122 valence electrons. The standard InChI is InChI=1S/C14H18F3N3O2/c1-2-20-7-5-10(11(21)8-20)19-13(22)12-9(14(15,16)17)4-3-6-18-12/h3-4,6,10-11,21H,2,5,7-8H2,1H3,(H,19,22). The topological polar surface area (TPSA) is 65.5 Å². The van der Waals surface area contributed by atoms with Gasteiger partial charge in [-0.1, -0.05) is 6.92 Å². The molecule has 1 aromatic rings. The zero-order valence-electron chi connectivity index (χ0n) is 12.1. The van der Waals surface area contributed by atoms with Crippen molar-refractivity contribution in [2.75, 3.05) is 19.6 Å². The van der Waals surface area contributed by atoms with Gasteiger partial charge in [0.05, 0.1) is 17.7 Å². The number of nitrogens with one attached hydrogen (secondary N) is 1. The Morgan fingerprint density at radius 3 is 2.86 bits per heavy atom. The summed E-state index contributed by atoms with van der Waals surface area (Å²) in [6.07, 6.45) is -3.84. The van der Waals surface area contributed by atoms with E-state index in [1.807, 2.05) is 11.8 Å². The van der Waals surface area contributed by atoms with Gasteiger partial charge in [0.2, 0.25) is 0 Å². The molecular weight excluding hydrogens is 299 g/mol. The molecule has 2 N–H and O–H groups in total. The number of likely N-dealkylation sites (tertiary alicyclic amines) is 1. The SMILES string of the molecule is CCN1CCC(NC(=O)c2ncccc2C(F)(F)F)C(O)C1. The van der Waals surface area contributed by atoms with Crippen LogP contribution in [0.2, 0.25) is 0 Å². The van der Waals surface area contributed by atoms with Gasteiger partial charge < -0.3 is 15.3 Å². The molecule has 1 aliphatic rings. The first kappa shape index (κ1) is 16.7. The number of hydrogen-bond donors (Lipinski definition) is 2. The predicted octanol–water partition coefficient (Wildman–Crippen LogP) is 1.29. The molecule has 1 fully saturated rings. The number of carbonyl (C=O) groups excluding carboxylic acids is 1. The molecule has 0 aliphatic carbocycles. The van der Waals surface area contributed by atoms with Crippen LogP contribution in [0.3, 0.4) is 0 Å². The van der Waals surface area contributed by atoms with Gasteiger partial charge in [-0.2, -0.15) is 13.2 Å². The van der Waals surface area contributed by atoms with Gasteiger partial charge in [0.1, 0.15) is 5.69 Å². The third-order valence-corrected chi connectivity index (χ3v) is 3.76. The number of rotatable bonds is 3. The molecule has 5 nitrogen and oxygen atoms in total. The van der Waals surface area contributed by atoms with Gasteiger partial charge in [-0.3, -0.25) is 9.78 Å². The Morgan fingerprint density at radius 1 is 1.55 bits per heavy atom. The number of likely N-dealkylation sites (N-methyl/N-ethyl adjacent to an activating group) is 1. The number of piperidine rings is 1. The summed E-state index contributed by atoms with van der Waals surface area (Å²) in [5, 5.41) is 12.5. The van der Waals surface area contributed by atoms with Crippen molar-refractivity contribution >= 4 is 5.91 Å². The third-order valence-electron chi connectivity index (χ3n) is 3.76. The lowest BCUT2D eigenvalue weighted by Gasteiger charge is -2.35. The van der Waals surface area contributed by atoms with Gasteiger partial charge in [0.15, 0.2) is 0 Å². The molecule has 2 unspecified atom stereocenters. The summed E-state index contributed by atoms with van der Waals surface area (Å²) in [6.45, 7) is 3.79. The van der Waals surface area contributed by atoms with Crippen molar-refractivity contribution in [3.63, 3.8) is 0 Å². The Kier molecular flexibility index (Phi) is 5.02. The van der Waals surface area contributed by atoms with Crippen LogP contribution in [0.15, 0.2) is 18.3 Å². The summed E-state index contributed by atoms with van der Waals surface area (Å²) in [5.74, 6) is -0.915. The van der Waals surface area contributed by atoms with Crippen molar-refractivity contribution in [3.8, 4) is 0 Å². The molecule has 2 atom stereocenters. The summed E-state index contributed by atoms with van der Waals surface area (Å²) in [5.41, 5.74) is -1.74. The third kappa shape index (κ3) is 3.75. The van der Waals surface area contributed by atoms with Crippen molar-refractivity contribution < 1.29 is 23.1 Å². The highest BCUT2D eigenvalue weighted by molar-refractivity contribution is 5.94. The zero-order chi connectivity index (χ0) is 16.3. The number of aliphatic hydroxyl groups is 1. The second kappa shape index (κ2) is 6.62. The first-order valence-electron chi connectivity index (χ1n) is 7.06. The molecule has 2 rings (SSSR count). The Balaban J connectivity index is 2.11. The minimum absolute atomic E-state index is 0.385. The average Bonchev–Trinajstić information content (AvgIpc) is 2.48. The maximum absolute atomic E-state index is 12.9. The normalized spacial score (nSPS) is 23.3. The number of halogens is 3. The van der Waals surface area contributed by atoms with Crippen molar-refractivity contribution in [2.24, 2.45) is 0 Å². The highest BCUT2D eigenvalue weighted by Gasteiger charge is 2.37. The summed E-state index contributed by atoms with van der Waals surface area (Å²) in [7, 11) is 0. The highest BCUT2D eigenvalue weighted by Crippen LogP contribution is 2.31. The number of carbonyl (C=O) groups is 1. The van der Waals surface area contributed by atoms with Crippen LogP contribution in [0.4, 0.5) is 13.2 Å². The lowest BCUT2D eigenvalue weighted by atomic mass is 10.0. The molecule has 0 bridgehead atoms. The molecule has 1 saturated heterocycles. The monoisotopic (exact) mass is 317 g/mol.